The maximum atomic E-state index is 12.8. The van der Waals surface area contributed by atoms with E-state index < -0.39 is 32.0 Å². The number of nitrogens with two attached hydrogens (primary N) is 1. The quantitative estimate of drug-likeness (QED) is 0.0240. The number of hydrogen-bond donors (Lipinski definition) is 5. The summed E-state index contributed by atoms with van der Waals surface area (Å²) in [5, 5.41) is 24.1. The Kier molecular flexibility index (Phi) is 35.0. The summed E-state index contributed by atoms with van der Waals surface area (Å²) in [6.45, 7) is 4.02. The normalized spacial score (nSPS) is 15.0. The lowest BCUT2D eigenvalue weighted by Gasteiger charge is -2.25. The minimum Gasteiger partial charge on any atom is -0.393 e. The van der Waals surface area contributed by atoms with Crippen LogP contribution in [0.3, 0.4) is 0 Å². The zero-order chi connectivity index (χ0) is 36.3. The molecule has 0 aromatic carbocycles. The largest absolute Gasteiger partial charge is 0.472 e. The molecule has 0 fully saturated rings. The first kappa shape index (κ1) is 48.2. The van der Waals surface area contributed by atoms with Gasteiger partial charge in [-0.25, -0.2) is 4.57 Å². The van der Waals surface area contributed by atoms with E-state index in [2.05, 4.69) is 31.3 Å². The van der Waals surface area contributed by atoms with Gasteiger partial charge in [-0.2, -0.15) is 0 Å². The molecule has 292 valence electrons. The third-order valence-electron chi connectivity index (χ3n) is 9.17. The molecule has 0 rings (SSSR count). The zero-order valence-corrected chi connectivity index (χ0v) is 32.7. The van der Waals surface area contributed by atoms with Gasteiger partial charge in [0.15, 0.2) is 0 Å². The van der Waals surface area contributed by atoms with Crippen LogP contribution in [-0.4, -0.2) is 59.0 Å². The van der Waals surface area contributed by atoms with Crippen molar-refractivity contribution in [1.29, 1.82) is 0 Å². The summed E-state index contributed by atoms with van der Waals surface area (Å²) < 4.78 is 22.0. The van der Waals surface area contributed by atoms with Crippen molar-refractivity contribution in [2.45, 2.75) is 212 Å². The molecule has 0 saturated carbocycles. The monoisotopic (exact) mass is 719 g/mol. The van der Waals surface area contributed by atoms with Gasteiger partial charge in [-0.05, 0) is 38.5 Å². The van der Waals surface area contributed by atoms with Gasteiger partial charge in [0.1, 0.15) is 0 Å². The number of hydrogen-bond acceptors (Lipinski definition) is 7. The third-order valence-corrected chi connectivity index (χ3v) is 10.2. The molecule has 0 saturated heterocycles. The number of nitrogens with one attached hydrogen (secondary N) is 1. The number of allylic oxidation sites excluding steroid dienone is 2. The van der Waals surface area contributed by atoms with Crippen molar-refractivity contribution in [1.82, 2.24) is 5.32 Å². The Morgan fingerprint density at radius 2 is 1.10 bits per heavy atom. The molecule has 0 aromatic rings. The van der Waals surface area contributed by atoms with Gasteiger partial charge in [0, 0.05) is 6.54 Å². The molecular formula is C39H79N2O7P. The molecule has 4 unspecified atom stereocenters. The van der Waals surface area contributed by atoms with E-state index in [-0.39, 0.29) is 26.2 Å². The Morgan fingerprint density at radius 3 is 1.59 bits per heavy atom. The SMILES string of the molecule is CCCCCCCCCCC/C=C\CCCCCC(O)CC(=O)NC(COP(=O)(O)OCCN)C(O)CCCCCCCCCCCCC. The molecule has 0 bridgehead atoms. The molecule has 10 heteroatoms. The summed E-state index contributed by atoms with van der Waals surface area (Å²) >= 11 is 0. The molecule has 0 aromatic heterocycles. The van der Waals surface area contributed by atoms with Crippen molar-refractivity contribution in [3.05, 3.63) is 12.2 Å². The lowest BCUT2D eigenvalue weighted by atomic mass is 10.0. The fourth-order valence-electron chi connectivity index (χ4n) is 6.06. The van der Waals surface area contributed by atoms with Gasteiger partial charge >= 0.3 is 7.82 Å². The maximum absolute atomic E-state index is 12.8. The summed E-state index contributed by atoms with van der Waals surface area (Å²) in [5.74, 6) is -0.422. The molecule has 6 N–H and O–H groups in total. The zero-order valence-electron chi connectivity index (χ0n) is 31.8. The Morgan fingerprint density at radius 1 is 0.673 bits per heavy atom. The summed E-state index contributed by atoms with van der Waals surface area (Å²) in [6.07, 6.45) is 34.0. The first-order valence-electron chi connectivity index (χ1n) is 20.4. The number of carbonyl (C=O) groups is 1. The fraction of sp³-hybridized carbons (Fsp3) is 0.923. The summed E-state index contributed by atoms with van der Waals surface area (Å²) in [7, 11) is -4.37. The number of aliphatic hydroxyl groups is 2. The first-order valence-corrected chi connectivity index (χ1v) is 21.9. The molecule has 0 heterocycles. The van der Waals surface area contributed by atoms with Gasteiger partial charge in [-0.15, -0.1) is 0 Å². The number of phosphoric ester groups is 1. The van der Waals surface area contributed by atoms with Gasteiger partial charge < -0.3 is 26.2 Å². The van der Waals surface area contributed by atoms with E-state index in [0.717, 1.165) is 51.4 Å². The van der Waals surface area contributed by atoms with Crippen molar-refractivity contribution in [2.75, 3.05) is 19.8 Å². The third kappa shape index (κ3) is 34.1. The Hall–Kier alpha value is -0.800. The summed E-state index contributed by atoms with van der Waals surface area (Å²) in [4.78, 5) is 22.7. The van der Waals surface area contributed by atoms with Crippen molar-refractivity contribution in [3.63, 3.8) is 0 Å². The number of carbonyl (C=O) groups excluding carboxylic acids is 1. The lowest BCUT2D eigenvalue weighted by molar-refractivity contribution is -0.125. The predicted octanol–water partition coefficient (Wildman–Crippen LogP) is 9.80. The molecule has 0 spiro atoms. The standard InChI is InChI=1S/C39H79N2O7P/c1-3-5-7-9-11-13-15-16-17-18-19-21-22-24-26-28-30-36(42)34-39(44)41-37(35-48-49(45,46)47-33-32-40)38(43)31-29-27-25-23-20-14-12-10-8-6-4-2/h19,21,36-38,42-43H,3-18,20,22-35,40H2,1-2H3,(H,41,44)(H,45,46)/b21-19-. The van der Waals surface area contributed by atoms with E-state index in [1.807, 2.05) is 0 Å². The van der Waals surface area contributed by atoms with Crippen LogP contribution in [0.2, 0.25) is 0 Å². The number of amides is 1. The average molecular weight is 719 g/mol. The minimum absolute atomic E-state index is 0.0591. The van der Waals surface area contributed by atoms with Crippen LogP contribution in [0.1, 0.15) is 194 Å². The number of aliphatic hydroxyl groups excluding tert-OH is 2. The second kappa shape index (κ2) is 35.6. The fourth-order valence-corrected chi connectivity index (χ4v) is 6.82. The van der Waals surface area contributed by atoms with Crippen LogP contribution in [0, 0.1) is 0 Å². The van der Waals surface area contributed by atoms with E-state index in [1.165, 1.54) is 109 Å². The maximum Gasteiger partial charge on any atom is 0.472 e. The van der Waals surface area contributed by atoms with E-state index in [4.69, 9.17) is 14.8 Å². The number of rotatable bonds is 38. The molecule has 0 aliphatic carbocycles. The topological polar surface area (TPSA) is 151 Å². The molecule has 9 nitrogen and oxygen atoms in total. The van der Waals surface area contributed by atoms with Gasteiger partial charge in [-0.3, -0.25) is 13.8 Å². The highest BCUT2D eigenvalue weighted by Gasteiger charge is 2.28. The number of phosphoric acid groups is 1. The van der Waals surface area contributed by atoms with Crippen LogP contribution >= 0.6 is 7.82 Å². The Balaban J connectivity index is 4.30. The van der Waals surface area contributed by atoms with E-state index in [1.54, 1.807) is 0 Å². The molecule has 0 aliphatic heterocycles. The highest BCUT2D eigenvalue weighted by atomic mass is 31.2. The van der Waals surface area contributed by atoms with Crippen LogP contribution in [0.4, 0.5) is 0 Å². The minimum atomic E-state index is -4.37. The van der Waals surface area contributed by atoms with Crippen molar-refractivity contribution in [3.8, 4) is 0 Å². The number of unbranched alkanes of at least 4 members (excludes halogenated alkanes) is 22. The molecule has 1 amide bonds. The highest BCUT2D eigenvalue weighted by Crippen LogP contribution is 2.43. The summed E-state index contributed by atoms with van der Waals surface area (Å²) in [6, 6.07) is -0.896. The van der Waals surface area contributed by atoms with E-state index >= 15 is 0 Å². The second-order valence-corrected chi connectivity index (χ2v) is 15.5. The predicted molar refractivity (Wildman–Crippen MR) is 204 cm³/mol. The van der Waals surface area contributed by atoms with Gasteiger partial charge in [-0.1, -0.05) is 161 Å². The molecule has 0 aliphatic rings. The molecule has 4 atom stereocenters. The van der Waals surface area contributed by atoms with Gasteiger partial charge in [0.25, 0.3) is 0 Å². The molecular weight excluding hydrogens is 639 g/mol. The van der Waals surface area contributed by atoms with Crippen LogP contribution in [0.15, 0.2) is 12.2 Å². The van der Waals surface area contributed by atoms with Crippen LogP contribution in [0.25, 0.3) is 0 Å². The van der Waals surface area contributed by atoms with Crippen LogP contribution in [0.5, 0.6) is 0 Å². The van der Waals surface area contributed by atoms with Gasteiger partial charge in [0.2, 0.25) is 5.91 Å². The van der Waals surface area contributed by atoms with Gasteiger partial charge in [0.05, 0.1) is 37.9 Å². The lowest BCUT2D eigenvalue weighted by Crippen LogP contribution is -2.47. The smallest absolute Gasteiger partial charge is 0.393 e. The van der Waals surface area contributed by atoms with Crippen molar-refractivity contribution < 1.29 is 33.5 Å². The van der Waals surface area contributed by atoms with E-state index in [9.17, 15) is 24.5 Å². The first-order chi connectivity index (χ1) is 23.8. The highest BCUT2D eigenvalue weighted by molar-refractivity contribution is 7.47. The van der Waals surface area contributed by atoms with Crippen molar-refractivity contribution in [2.24, 2.45) is 5.73 Å². The Labute approximate surface area is 301 Å². The second-order valence-electron chi connectivity index (χ2n) is 14.0. The average Bonchev–Trinajstić information content (AvgIpc) is 3.07. The molecule has 0 radical (unpaired) electrons. The van der Waals surface area contributed by atoms with Crippen LogP contribution in [-0.2, 0) is 18.4 Å². The molecule has 49 heavy (non-hydrogen) atoms. The Bertz CT molecular complexity index is 801. The summed E-state index contributed by atoms with van der Waals surface area (Å²) in [5.41, 5.74) is 5.35. The van der Waals surface area contributed by atoms with Crippen molar-refractivity contribution >= 4 is 13.7 Å². The van der Waals surface area contributed by atoms with E-state index in [0.29, 0.717) is 12.8 Å². The van der Waals surface area contributed by atoms with Crippen LogP contribution < -0.4 is 11.1 Å².